The molecule has 0 unspecified atom stereocenters. The molecule has 1 aliphatic rings. The summed E-state index contributed by atoms with van der Waals surface area (Å²) in [6, 6.07) is 31.7. The van der Waals surface area contributed by atoms with Crippen LogP contribution in [-0.4, -0.2) is 15.1 Å². The van der Waals surface area contributed by atoms with Gasteiger partial charge in [0.1, 0.15) is 17.1 Å². The number of pyridine rings is 2. The van der Waals surface area contributed by atoms with Crippen LogP contribution in [0.15, 0.2) is 91.1 Å². The first kappa shape index (κ1) is 22.3. The summed E-state index contributed by atoms with van der Waals surface area (Å²) in [5.74, 6) is 1.02. The Morgan fingerprint density at radius 3 is 2.47 bits per heavy atom. The molecule has 0 saturated heterocycles. The number of aromatic hydroxyl groups is 1. The van der Waals surface area contributed by atoms with Crippen LogP contribution in [0.4, 0.5) is 17.2 Å². The molecule has 6 rings (SSSR count). The molecule has 170 valence electrons. The van der Waals surface area contributed by atoms with Crippen LogP contribution in [0.1, 0.15) is 25.0 Å². The van der Waals surface area contributed by atoms with Gasteiger partial charge in [-0.3, -0.25) is 4.98 Å². The number of hydrogen-bond donors (Lipinski definition) is 1. The fourth-order valence-electron chi connectivity index (χ4n) is 4.78. The van der Waals surface area contributed by atoms with Gasteiger partial charge in [-0.25, -0.2) is 4.98 Å². The zero-order valence-corrected chi connectivity index (χ0v) is 20.3. The van der Waals surface area contributed by atoms with Crippen LogP contribution in [0.3, 0.4) is 0 Å². The van der Waals surface area contributed by atoms with Gasteiger partial charge in [0, 0.05) is 37.7 Å². The Kier molecular flexibility index (Phi) is 5.48. The number of hydrogen-bond acceptors (Lipinski definition) is 4. The second-order valence-electron chi connectivity index (χ2n) is 8.85. The van der Waals surface area contributed by atoms with Gasteiger partial charge in [-0.2, -0.15) is 0 Å². The summed E-state index contributed by atoms with van der Waals surface area (Å²) in [4.78, 5) is 11.6. The molecule has 0 fully saturated rings. The van der Waals surface area contributed by atoms with E-state index >= 15 is 0 Å². The van der Waals surface area contributed by atoms with Crippen LogP contribution >= 0.6 is 0 Å². The molecule has 1 aliphatic heterocycles. The summed E-state index contributed by atoms with van der Waals surface area (Å²) >= 11 is 0. The molecule has 0 radical (unpaired) electrons. The number of nitrogens with zero attached hydrogens (tertiary/aromatic N) is 3. The van der Waals surface area contributed by atoms with Crippen LogP contribution < -0.4 is 4.90 Å². The van der Waals surface area contributed by atoms with E-state index in [1.54, 1.807) is 6.07 Å². The number of anilines is 3. The van der Waals surface area contributed by atoms with Crippen molar-refractivity contribution >= 4 is 28.1 Å². The number of rotatable bonds is 2. The molecule has 1 N–H and O–H groups in total. The summed E-state index contributed by atoms with van der Waals surface area (Å²) in [5, 5.41) is 11.2. The number of benzene rings is 3. The smallest absolute Gasteiger partial charge is 0.140 e. The number of phenols is 1. The van der Waals surface area contributed by atoms with Gasteiger partial charge in [0.2, 0.25) is 0 Å². The zero-order chi connectivity index (χ0) is 22.6. The van der Waals surface area contributed by atoms with Gasteiger partial charge in [0.25, 0.3) is 0 Å². The molecular formula is C29H22N3OPd-. The van der Waals surface area contributed by atoms with Gasteiger partial charge in [-0.15, -0.1) is 23.8 Å². The van der Waals surface area contributed by atoms with Crippen molar-refractivity contribution in [3.63, 3.8) is 0 Å². The Balaban J connectivity index is 0.00000241. The Morgan fingerprint density at radius 2 is 1.65 bits per heavy atom. The van der Waals surface area contributed by atoms with Crippen molar-refractivity contribution in [2.45, 2.75) is 19.3 Å². The molecule has 3 heterocycles. The first-order chi connectivity index (χ1) is 16.0. The third kappa shape index (κ3) is 3.41. The maximum Gasteiger partial charge on any atom is 0.140 e. The normalized spacial score (nSPS) is 13.6. The Bertz CT molecular complexity index is 1520. The van der Waals surface area contributed by atoms with E-state index < -0.39 is 0 Å². The van der Waals surface area contributed by atoms with E-state index in [2.05, 4.69) is 66.2 Å². The third-order valence-electron chi connectivity index (χ3n) is 6.49. The summed E-state index contributed by atoms with van der Waals surface area (Å²) < 4.78 is 0. The molecule has 34 heavy (non-hydrogen) atoms. The first-order valence-corrected chi connectivity index (χ1v) is 11.0. The van der Waals surface area contributed by atoms with E-state index in [0.717, 1.165) is 33.8 Å². The molecule has 2 aromatic heterocycles. The SMILES string of the molecule is CC1(C)c2ccc(-c3ccc4cccc(O)c4n3)[c-]c2N(c2ccccn2)c2ccccc21.[Pd]. The third-order valence-corrected chi connectivity index (χ3v) is 6.49. The maximum atomic E-state index is 10.3. The predicted octanol–water partition coefficient (Wildman–Crippen LogP) is 6.91. The average Bonchev–Trinajstić information content (AvgIpc) is 2.85. The van der Waals surface area contributed by atoms with Gasteiger partial charge in [-0.1, -0.05) is 67.9 Å². The van der Waals surface area contributed by atoms with Crippen LogP contribution in [0.25, 0.3) is 22.2 Å². The molecule has 4 nitrogen and oxygen atoms in total. The topological polar surface area (TPSA) is 49.3 Å². The second-order valence-corrected chi connectivity index (χ2v) is 8.85. The van der Waals surface area contributed by atoms with Crippen molar-refractivity contribution in [1.29, 1.82) is 0 Å². The zero-order valence-electron chi connectivity index (χ0n) is 18.8. The van der Waals surface area contributed by atoms with Gasteiger partial charge < -0.3 is 10.0 Å². The van der Waals surface area contributed by atoms with Crippen molar-refractivity contribution < 1.29 is 25.5 Å². The first-order valence-electron chi connectivity index (χ1n) is 11.0. The van der Waals surface area contributed by atoms with Crippen LogP contribution in [0.5, 0.6) is 5.75 Å². The van der Waals surface area contributed by atoms with E-state index in [4.69, 9.17) is 4.98 Å². The van der Waals surface area contributed by atoms with Gasteiger partial charge in [0.05, 0.1) is 0 Å². The Morgan fingerprint density at radius 1 is 0.824 bits per heavy atom. The Hall–Kier alpha value is -3.52. The molecule has 5 aromatic rings. The van der Waals surface area contributed by atoms with E-state index in [-0.39, 0.29) is 31.6 Å². The van der Waals surface area contributed by atoms with Gasteiger partial charge >= 0.3 is 0 Å². The van der Waals surface area contributed by atoms with Gasteiger partial charge in [0.15, 0.2) is 0 Å². The molecule has 5 heteroatoms. The van der Waals surface area contributed by atoms with E-state index in [0.29, 0.717) is 5.52 Å². The molecule has 0 spiro atoms. The van der Waals surface area contributed by atoms with Crippen molar-refractivity contribution in [3.8, 4) is 17.0 Å². The molecule has 0 atom stereocenters. The number of phenolic OH excluding ortho intramolecular Hbond substituents is 1. The molecule has 3 aromatic carbocycles. The van der Waals surface area contributed by atoms with Crippen LogP contribution in [0, 0.1) is 6.07 Å². The van der Waals surface area contributed by atoms with Crippen molar-refractivity contribution in [2.75, 3.05) is 4.90 Å². The maximum absolute atomic E-state index is 10.3. The molecular weight excluding hydrogens is 513 g/mol. The van der Waals surface area contributed by atoms with Gasteiger partial charge in [-0.05, 0) is 46.6 Å². The minimum Gasteiger partial charge on any atom is -0.506 e. The predicted molar refractivity (Wildman–Crippen MR) is 132 cm³/mol. The minimum absolute atomic E-state index is 0. The molecule has 0 aliphatic carbocycles. The molecule has 0 bridgehead atoms. The summed E-state index contributed by atoms with van der Waals surface area (Å²) in [7, 11) is 0. The molecule has 0 amide bonds. The van der Waals surface area contributed by atoms with Crippen LogP contribution in [0.2, 0.25) is 0 Å². The summed E-state index contributed by atoms with van der Waals surface area (Å²) in [6.07, 6.45) is 1.81. The van der Waals surface area contributed by atoms with E-state index in [1.807, 2.05) is 48.7 Å². The second kappa shape index (κ2) is 8.36. The average molecular weight is 535 g/mol. The van der Waals surface area contributed by atoms with Crippen LogP contribution in [-0.2, 0) is 25.8 Å². The Labute approximate surface area is 212 Å². The number of fused-ring (bicyclic) bond motifs is 3. The quantitative estimate of drug-likeness (QED) is 0.197. The fraction of sp³-hybridized carbons (Fsp3) is 0.103. The minimum atomic E-state index is -0.193. The number of aromatic nitrogens is 2. The monoisotopic (exact) mass is 534 g/mol. The largest absolute Gasteiger partial charge is 0.506 e. The van der Waals surface area contributed by atoms with E-state index in [1.165, 1.54) is 11.1 Å². The summed E-state index contributed by atoms with van der Waals surface area (Å²) in [6.45, 7) is 4.50. The van der Waals surface area contributed by atoms with Crippen molar-refractivity contribution in [3.05, 3.63) is 108 Å². The standard InChI is InChI=1S/C29H22N3O.Pd/c1-29(2)21-9-3-4-10-24(21)32(27-12-5-6-17-30-27)25-18-20(13-15-22(25)29)23-16-14-19-8-7-11-26(33)28(19)31-23;/h3-17,33H,1-2H3;/q-1;. The molecule has 0 saturated carbocycles. The number of para-hydroxylation sites is 2. The van der Waals surface area contributed by atoms with E-state index in [9.17, 15) is 5.11 Å². The van der Waals surface area contributed by atoms with Crippen molar-refractivity contribution in [1.82, 2.24) is 9.97 Å². The summed E-state index contributed by atoms with van der Waals surface area (Å²) in [5.41, 5.74) is 6.53. The van der Waals surface area contributed by atoms with Crippen molar-refractivity contribution in [2.24, 2.45) is 0 Å². The fourth-order valence-corrected chi connectivity index (χ4v) is 4.78.